The number of hydrogen-bond donors (Lipinski definition) is 2. The maximum atomic E-state index is 13.5. The summed E-state index contributed by atoms with van der Waals surface area (Å²) in [6.45, 7) is 10.1. The van der Waals surface area contributed by atoms with Gasteiger partial charge in [-0.1, -0.05) is 20.4 Å². The second kappa shape index (κ2) is 10.2. The number of benzene rings is 1. The summed E-state index contributed by atoms with van der Waals surface area (Å²) in [6, 6.07) is 3.19. The lowest BCUT2D eigenvalue weighted by Crippen LogP contribution is -2.59. The molecule has 3 heterocycles. The lowest BCUT2D eigenvalue weighted by molar-refractivity contribution is -0.137. The van der Waals surface area contributed by atoms with Gasteiger partial charge in [0, 0.05) is 56.5 Å². The molecule has 37 heavy (non-hydrogen) atoms. The standard InChI is InChI=1S/C26H33F3N6O2/c1-5-22(37)35-14-25(15-35)8-9-34(13-25)24-32-20-11-17(26(27,28)29)6-7-19(20)23(33-24)31-18(10-16(2)3)12-21(36)30-4/h5-7,11,16,18H,1,8-10,12-15H2,2-4H3,(H,30,36)(H,31,32,33). The van der Waals surface area contributed by atoms with Gasteiger partial charge in [0.2, 0.25) is 17.8 Å². The summed E-state index contributed by atoms with van der Waals surface area (Å²) < 4.78 is 40.5. The molecule has 1 unspecified atom stereocenters. The van der Waals surface area contributed by atoms with Gasteiger partial charge in [0.15, 0.2) is 0 Å². The number of nitrogens with one attached hydrogen (secondary N) is 2. The third-order valence-corrected chi connectivity index (χ3v) is 7.08. The van der Waals surface area contributed by atoms with Crippen molar-refractivity contribution in [1.29, 1.82) is 0 Å². The Morgan fingerprint density at radius 1 is 1.22 bits per heavy atom. The molecule has 2 fully saturated rings. The highest BCUT2D eigenvalue weighted by atomic mass is 19.4. The van der Waals surface area contributed by atoms with E-state index in [1.165, 1.54) is 12.1 Å². The van der Waals surface area contributed by atoms with Crippen LogP contribution in [0.1, 0.15) is 38.7 Å². The zero-order valence-corrected chi connectivity index (χ0v) is 21.4. The Morgan fingerprint density at radius 2 is 1.95 bits per heavy atom. The minimum absolute atomic E-state index is 0.0855. The zero-order valence-electron chi connectivity index (χ0n) is 21.4. The highest BCUT2D eigenvalue weighted by Gasteiger charge is 2.49. The number of rotatable bonds is 8. The van der Waals surface area contributed by atoms with Crippen LogP contribution < -0.4 is 15.5 Å². The topological polar surface area (TPSA) is 90.5 Å². The maximum absolute atomic E-state index is 13.5. The van der Waals surface area contributed by atoms with Crippen LogP contribution in [-0.2, 0) is 15.8 Å². The molecule has 1 spiro atoms. The summed E-state index contributed by atoms with van der Waals surface area (Å²) in [5.41, 5.74) is -0.684. The first kappa shape index (κ1) is 26.7. The Hall–Kier alpha value is -3.37. The molecular weight excluding hydrogens is 485 g/mol. The minimum atomic E-state index is -4.50. The summed E-state index contributed by atoms with van der Waals surface area (Å²) in [4.78, 5) is 37.0. The number of fused-ring (bicyclic) bond motifs is 1. The number of carbonyl (C=O) groups is 2. The highest BCUT2D eigenvalue weighted by molar-refractivity contribution is 5.91. The summed E-state index contributed by atoms with van der Waals surface area (Å²) in [6.07, 6.45) is -1.50. The molecule has 4 rings (SSSR count). The number of hydrogen-bond acceptors (Lipinski definition) is 6. The van der Waals surface area contributed by atoms with Crippen molar-refractivity contribution >= 4 is 34.5 Å². The monoisotopic (exact) mass is 518 g/mol. The third kappa shape index (κ3) is 5.80. The second-order valence-electron chi connectivity index (χ2n) is 10.5. The van der Waals surface area contributed by atoms with Gasteiger partial charge >= 0.3 is 6.18 Å². The Morgan fingerprint density at radius 3 is 2.57 bits per heavy atom. The van der Waals surface area contributed by atoms with Gasteiger partial charge in [-0.15, -0.1) is 0 Å². The van der Waals surface area contributed by atoms with Crippen LogP contribution in [0.25, 0.3) is 10.9 Å². The van der Waals surface area contributed by atoms with Gasteiger partial charge < -0.3 is 20.4 Å². The zero-order chi connectivity index (χ0) is 27.0. The Kier molecular flexibility index (Phi) is 7.34. The molecule has 1 atom stereocenters. The van der Waals surface area contributed by atoms with Gasteiger partial charge in [-0.2, -0.15) is 18.2 Å². The fourth-order valence-corrected chi connectivity index (χ4v) is 5.24. The molecule has 0 aliphatic carbocycles. The van der Waals surface area contributed by atoms with Crippen molar-refractivity contribution in [2.24, 2.45) is 11.3 Å². The Labute approximate surface area is 214 Å². The quantitative estimate of drug-likeness (QED) is 0.517. The maximum Gasteiger partial charge on any atom is 0.416 e. The SMILES string of the molecule is C=CC(=O)N1CC2(CCN(c3nc(NC(CC(=O)NC)CC(C)C)c4ccc(C(F)(F)F)cc4n3)C2)C1. The average molecular weight is 519 g/mol. The number of alkyl halides is 3. The molecule has 1 aromatic heterocycles. The Balaban J connectivity index is 1.68. The molecule has 2 amide bonds. The predicted molar refractivity (Wildman–Crippen MR) is 136 cm³/mol. The summed E-state index contributed by atoms with van der Waals surface area (Å²) >= 11 is 0. The van der Waals surface area contributed by atoms with E-state index in [-0.39, 0.29) is 41.1 Å². The van der Waals surface area contributed by atoms with Crippen LogP contribution in [0.5, 0.6) is 0 Å². The van der Waals surface area contributed by atoms with Crippen LogP contribution in [0.2, 0.25) is 0 Å². The Bertz CT molecular complexity index is 1190. The molecule has 0 radical (unpaired) electrons. The van der Waals surface area contributed by atoms with E-state index < -0.39 is 11.7 Å². The molecule has 200 valence electrons. The molecule has 0 bridgehead atoms. The van der Waals surface area contributed by atoms with Crippen molar-refractivity contribution in [2.75, 3.05) is 43.4 Å². The summed E-state index contributed by atoms with van der Waals surface area (Å²) in [7, 11) is 1.57. The van der Waals surface area contributed by atoms with Gasteiger partial charge in [-0.05, 0) is 43.0 Å². The number of halogens is 3. The third-order valence-electron chi connectivity index (χ3n) is 7.08. The van der Waals surface area contributed by atoms with E-state index in [2.05, 4.69) is 22.2 Å². The molecule has 2 aliphatic heterocycles. The van der Waals surface area contributed by atoms with E-state index in [0.717, 1.165) is 18.6 Å². The van der Waals surface area contributed by atoms with Crippen LogP contribution >= 0.6 is 0 Å². The van der Waals surface area contributed by atoms with Crippen molar-refractivity contribution in [3.8, 4) is 0 Å². The van der Waals surface area contributed by atoms with Crippen molar-refractivity contribution in [3.63, 3.8) is 0 Å². The molecule has 2 aromatic rings. The van der Waals surface area contributed by atoms with Crippen LogP contribution in [0.15, 0.2) is 30.9 Å². The van der Waals surface area contributed by atoms with E-state index in [4.69, 9.17) is 4.98 Å². The normalized spacial score (nSPS) is 17.7. The first-order chi connectivity index (χ1) is 17.4. The van der Waals surface area contributed by atoms with E-state index >= 15 is 0 Å². The van der Waals surface area contributed by atoms with Gasteiger partial charge in [0.25, 0.3) is 0 Å². The van der Waals surface area contributed by atoms with Crippen LogP contribution in [-0.4, -0.2) is 66.0 Å². The summed E-state index contributed by atoms with van der Waals surface area (Å²) in [5, 5.41) is 6.43. The molecule has 1 aromatic carbocycles. The fraction of sp³-hybridized carbons (Fsp3) is 0.538. The van der Waals surface area contributed by atoms with Gasteiger partial charge in [0.05, 0.1) is 11.1 Å². The van der Waals surface area contributed by atoms with Crippen molar-refractivity contribution in [1.82, 2.24) is 20.2 Å². The highest BCUT2D eigenvalue weighted by Crippen LogP contribution is 2.41. The van der Waals surface area contributed by atoms with E-state index in [1.807, 2.05) is 18.7 Å². The number of likely N-dealkylation sites (tertiary alicyclic amines) is 1. The molecule has 11 heteroatoms. The predicted octanol–water partition coefficient (Wildman–Crippen LogP) is 3.84. The molecular formula is C26H33F3N6O2. The van der Waals surface area contributed by atoms with Crippen molar-refractivity contribution in [3.05, 3.63) is 36.4 Å². The van der Waals surface area contributed by atoms with Crippen molar-refractivity contribution in [2.45, 2.75) is 45.3 Å². The summed E-state index contributed by atoms with van der Waals surface area (Å²) in [5.74, 6) is 0.778. The lowest BCUT2D eigenvalue weighted by atomic mass is 9.79. The van der Waals surface area contributed by atoms with E-state index in [9.17, 15) is 22.8 Å². The molecule has 8 nitrogen and oxygen atoms in total. The fourth-order valence-electron chi connectivity index (χ4n) is 5.24. The largest absolute Gasteiger partial charge is 0.416 e. The minimum Gasteiger partial charge on any atom is -0.366 e. The van der Waals surface area contributed by atoms with Crippen LogP contribution in [0, 0.1) is 11.3 Å². The smallest absolute Gasteiger partial charge is 0.366 e. The van der Waals surface area contributed by atoms with Crippen LogP contribution in [0.3, 0.4) is 0 Å². The van der Waals surface area contributed by atoms with Gasteiger partial charge in [0.1, 0.15) is 5.82 Å². The van der Waals surface area contributed by atoms with Gasteiger partial charge in [-0.3, -0.25) is 9.59 Å². The first-order valence-electron chi connectivity index (χ1n) is 12.5. The molecule has 2 aliphatic rings. The number of carbonyl (C=O) groups excluding carboxylic acids is 2. The second-order valence-corrected chi connectivity index (χ2v) is 10.5. The number of anilines is 2. The number of aromatic nitrogens is 2. The molecule has 0 saturated carbocycles. The van der Waals surface area contributed by atoms with Crippen molar-refractivity contribution < 1.29 is 22.8 Å². The van der Waals surface area contributed by atoms with E-state index in [1.54, 1.807) is 11.9 Å². The number of nitrogens with zero attached hydrogens (tertiary/aromatic N) is 4. The first-order valence-corrected chi connectivity index (χ1v) is 12.5. The van der Waals surface area contributed by atoms with Gasteiger partial charge in [-0.25, -0.2) is 4.98 Å². The molecule has 2 saturated heterocycles. The van der Waals surface area contributed by atoms with Crippen LogP contribution in [0.4, 0.5) is 24.9 Å². The number of amides is 2. The molecule has 2 N–H and O–H groups in total. The lowest BCUT2D eigenvalue weighted by Gasteiger charge is -2.47. The van der Waals surface area contributed by atoms with E-state index in [0.29, 0.717) is 49.8 Å². The average Bonchev–Trinajstić information content (AvgIpc) is 3.27.